The number of aromatic carboxylic acids is 1. The van der Waals surface area contributed by atoms with E-state index in [4.69, 9.17) is 9.84 Å². The molecule has 1 N–H and O–H groups in total. The van der Waals surface area contributed by atoms with Gasteiger partial charge in [-0.2, -0.15) is 0 Å². The highest BCUT2D eigenvalue weighted by Gasteiger charge is 2.18. The number of ether oxygens (including phenoxy) is 1. The minimum atomic E-state index is -1.10. The molecule has 0 aliphatic carbocycles. The van der Waals surface area contributed by atoms with Crippen LogP contribution in [-0.2, 0) is 17.8 Å². The van der Waals surface area contributed by atoms with Crippen LogP contribution >= 0.6 is 0 Å². The smallest absolute Gasteiger partial charge is 0.373 e. The van der Waals surface area contributed by atoms with Crippen LogP contribution in [0.1, 0.15) is 27.6 Å². The third kappa shape index (κ3) is 1.46. The van der Waals surface area contributed by atoms with Crippen molar-refractivity contribution in [1.29, 1.82) is 0 Å². The first kappa shape index (κ1) is 9.08. The Balaban J connectivity index is 2.51. The summed E-state index contributed by atoms with van der Waals surface area (Å²) in [7, 11) is 0. The minimum absolute atomic E-state index is 0.147. The van der Waals surface area contributed by atoms with Crippen molar-refractivity contribution >= 4 is 5.97 Å². The highest BCUT2D eigenvalue weighted by molar-refractivity contribution is 5.83. The molecule has 0 spiro atoms. The molecule has 1 aromatic rings. The van der Waals surface area contributed by atoms with Gasteiger partial charge in [-0.15, -0.1) is 0 Å². The molecule has 0 bridgehead atoms. The lowest BCUT2D eigenvalue weighted by Crippen LogP contribution is -2.18. The van der Waals surface area contributed by atoms with Crippen LogP contribution in [0, 0.1) is 6.92 Å². The van der Waals surface area contributed by atoms with Gasteiger partial charge >= 0.3 is 5.97 Å². The van der Waals surface area contributed by atoms with Crippen LogP contribution in [0.15, 0.2) is 0 Å². The molecule has 0 amide bonds. The van der Waals surface area contributed by atoms with Gasteiger partial charge in [0.25, 0.3) is 0 Å². The Labute approximate surface area is 80.8 Å². The number of carboxylic acids is 1. The Bertz CT molecular complexity index is 390. The molecule has 1 aromatic heterocycles. The zero-order valence-electron chi connectivity index (χ0n) is 7.78. The van der Waals surface area contributed by atoms with Gasteiger partial charge in [0.05, 0.1) is 18.9 Å². The maximum Gasteiger partial charge on any atom is 0.373 e. The Morgan fingerprint density at radius 1 is 1.50 bits per heavy atom. The molecule has 0 radical (unpaired) electrons. The average molecular weight is 194 g/mol. The fourth-order valence-corrected chi connectivity index (χ4v) is 1.54. The van der Waals surface area contributed by atoms with Gasteiger partial charge in [-0.05, 0) is 18.9 Å². The van der Waals surface area contributed by atoms with Gasteiger partial charge in [0.1, 0.15) is 0 Å². The second kappa shape index (κ2) is 3.34. The summed E-state index contributed by atoms with van der Waals surface area (Å²) in [5.74, 6) is -1.24. The molecule has 0 fully saturated rings. The lowest BCUT2D eigenvalue weighted by atomic mass is 10.1. The summed E-state index contributed by atoms with van der Waals surface area (Å²) in [6.45, 7) is 2.85. The van der Waals surface area contributed by atoms with Crippen LogP contribution < -0.4 is 0 Å². The molecular formula is C9H10N2O3. The van der Waals surface area contributed by atoms with Crippen LogP contribution in [0.2, 0.25) is 0 Å². The maximum atomic E-state index is 10.7. The fraction of sp³-hybridized carbons (Fsp3) is 0.444. The van der Waals surface area contributed by atoms with Gasteiger partial charge < -0.3 is 9.84 Å². The van der Waals surface area contributed by atoms with Gasteiger partial charge in [-0.3, -0.25) is 0 Å². The van der Waals surface area contributed by atoms with Gasteiger partial charge in [0.15, 0.2) is 0 Å². The fourth-order valence-electron chi connectivity index (χ4n) is 1.54. The summed E-state index contributed by atoms with van der Waals surface area (Å²) in [5.41, 5.74) is 2.48. The molecule has 14 heavy (non-hydrogen) atoms. The normalized spacial score (nSPS) is 14.9. The number of aromatic nitrogens is 2. The lowest BCUT2D eigenvalue weighted by Gasteiger charge is -2.16. The summed E-state index contributed by atoms with van der Waals surface area (Å²) < 4.78 is 5.20. The molecule has 0 saturated carbocycles. The van der Waals surface area contributed by atoms with E-state index in [2.05, 4.69) is 9.97 Å². The van der Waals surface area contributed by atoms with Crippen LogP contribution in [0.4, 0.5) is 0 Å². The van der Waals surface area contributed by atoms with Crippen LogP contribution in [0.5, 0.6) is 0 Å². The van der Waals surface area contributed by atoms with Crippen molar-refractivity contribution < 1.29 is 14.6 Å². The lowest BCUT2D eigenvalue weighted by molar-refractivity contribution is 0.0679. The standard InChI is InChI=1S/C9H10N2O3/c1-5-6-2-3-14-4-7(6)11-8(10-5)9(12)13/h2-4H2,1H3,(H,12,13). The van der Waals surface area contributed by atoms with E-state index in [0.29, 0.717) is 18.9 Å². The maximum absolute atomic E-state index is 10.7. The van der Waals surface area contributed by atoms with Crippen molar-refractivity contribution in [2.45, 2.75) is 20.0 Å². The second-order valence-electron chi connectivity index (χ2n) is 3.17. The van der Waals surface area contributed by atoms with Crippen molar-refractivity contribution in [3.8, 4) is 0 Å². The third-order valence-electron chi connectivity index (χ3n) is 2.23. The van der Waals surface area contributed by atoms with Gasteiger partial charge in [-0.25, -0.2) is 14.8 Å². The summed E-state index contributed by atoms with van der Waals surface area (Å²) in [5, 5.41) is 8.75. The molecule has 74 valence electrons. The number of hydrogen-bond acceptors (Lipinski definition) is 4. The number of rotatable bonds is 1. The summed E-state index contributed by atoms with van der Waals surface area (Å²) in [6, 6.07) is 0. The number of carboxylic acid groups (broad SMARTS) is 1. The van der Waals surface area contributed by atoms with Crippen molar-refractivity contribution in [1.82, 2.24) is 9.97 Å². The van der Waals surface area contributed by atoms with Crippen LogP contribution in [0.3, 0.4) is 0 Å². The molecule has 2 heterocycles. The molecule has 0 saturated heterocycles. The number of carbonyl (C=O) groups is 1. The van der Waals surface area contributed by atoms with Gasteiger partial charge in [0.2, 0.25) is 5.82 Å². The van der Waals surface area contributed by atoms with E-state index in [1.165, 1.54) is 0 Å². The molecule has 0 atom stereocenters. The minimum Gasteiger partial charge on any atom is -0.475 e. The van der Waals surface area contributed by atoms with E-state index < -0.39 is 5.97 Å². The molecule has 1 aliphatic rings. The van der Waals surface area contributed by atoms with E-state index in [1.54, 1.807) is 6.92 Å². The van der Waals surface area contributed by atoms with E-state index in [-0.39, 0.29) is 5.82 Å². The van der Waals surface area contributed by atoms with Crippen LogP contribution in [0.25, 0.3) is 0 Å². The molecule has 5 heteroatoms. The van der Waals surface area contributed by atoms with E-state index in [9.17, 15) is 4.79 Å². The van der Waals surface area contributed by atoms with E-state index >= 15 is 0 Å². The topological polar surface area (TPSA) is 72.3 Å². The van der Waals surface area contributed by atoms with Gasteiger partial charge in [-0.1, -0.05) is 0 Å². The summed E-state index contributed by atoms with van der Waals surface area (Å²) in [4.78, 5) is 18.5. The highest BCUT2D eigenvalue weighted by Crippen LogP contribution is 2.17. The first-order valence-corrected chi connectivity index (χ1v) is 4.36. The second-order valence-corrected chi connectivity index (χ2v) is 3.17. The number of aryl methyl sites for hydroxylation is 1. The first-order chi connectivity index (χ1) is 6.68. The highest BCUT2D eigenvalue weighted by atomic mass is 16.5. The number of nitrogens with zero attached hydrogens (tertiary/aromatic N) is 2. The summed E-state index contributed by atoms with van der Waals surface area (Å²) >= 11 is 0. The largest absolute Gasteiger partial charge is 0.475 e. The Hall–Kier alpha value is -1.49. The van der Waals surface area contributed by atoms with E-state index in [0.717, 1.165) is 17.7 Å². The van der Waals surface area contributed by atoms with Crippen molar-refractivity contribution in [3.63, 3.8) is 0 Å². The molecule has 2 rings (SSSR count). The zero-order chi connectivity index (χ0) is 10.1. The quantitative estimate of drug-likeness (QED) is 0.707. The molecular weight excluding hydrogens is 184 g/mol. The van der Waals surface area contributed by atoms with Crippen LogP contribution in [-0.4, -0.2) is 27.7 Å². The Kier molecular flexibility index (Phi) is 2.17. The van der Waals surface area contributed by atoms with Crippen molar-refractivity contribution in [3.05, 3.63) is 22.8 Å². The predicted molar refractivity (Wildman–Crippen MR) is 47.1 cm³/mol. The van der Waals surface area contributed by atoms with Crippen molar-refractivity contribution in [2.24, 2.45) is 0 Å². The molecule has 1 aliphatic heterocycles. The number of hydrogen-bond donors (Lipinski definition) is 1. The predicted octanol–water partition coefficient (Wildman–Crippen LogP) is 0.556. The Morgan fingerprint density at radius 3 is 3.00 bits per heavy atom. The molecule has 0 aromatic carbocycles. The number of fused-ring (bicyclic) bond motifs is 1. The first-order valence-electron chi connectivity index (χ1n) is 4.36. The monoisotopic (exact) mass is 194 g/mol. The Morgan fingerprint density at radius 2 is 2.29 bits per heavy atom. The zero-order valence-corrected chi connectivity index (χ0v) is 7.78. The third-order valence-corrected chi connectivity index (χ3v) is 2.23. The van der Waals surface area contributed by atoms with E-state index in [1.807, 2.05) is 0 Å². The average Bonchev–Trinajstić information content (AvgIpc) is 2.17. The molecule has 5 nitrogen and oxygen atoms in total. The van der Waals surface area contributed by atoms with Crippen molar-refractivity contribution in [2.75, 3.05) is 6.61 Å². The molecule has 0 unspecified atom stereocenters. The summed E-state index contributed by atoms with van der Waals surface area (Å²) in [6.07, 6.45) is 0.765. The van der Waals surface area contributed by atoms with Gasteiger partial charge in [0, 0.05) is 5.69 Å². The SMILES string of the molecule is Cc1nc(C(=O)O)nc2c1CCOC2.